The fourth-order valence-corrected chi connectivity index (χ4v) is 1.46. The van der Waals surface area contributed by atoms with Gasteiger partial charge in [-0.1, -0.05) is 18.2 Å². The van der Waals surface area contributed by atoms with Gasteiger partial charge in [0.25, 0.3) is 0 Å². The van der Waals surface area contributed by atoms with Gasteiger partial charge in [-0.3, -0.25) is 4.57 Å². The highest BCUT2D eigenvalue weighted by Gasteiger charge is 2.18. The molecule has 0 aliphatic heterocycles. The molecule has 0 amide bonds. The van der Waals surface area contributed by atoms with Crippen molar-refractivity contribution >= 4 is 23.4 Å². The molecule has 4 heteroatoms. The quantitative estimate of drug-likeness (QED) is 0.605. The van der Waals surface area contributed by atoms with Gasteiger partial charge in [-0.25, -0.2) is 0 Å². The Morgan fingerprint density at radius 3 is 2.10 bits per heavy atom. The third-order valence-electron chi connectivity index (χ3n) is 1.06. The first kappa shape index (κ1) is 7.77. The fourth-order valence-electron chi connectivity index (χ4n) is 0.602. The van der Waals surface area contributed by atoms with E-state index in [1.165, 1.54) is 12.1 Å². The molecule has 0 aromatic heterocycles. The van der Waals surface area contributed by atoms with E-state index in [9.17, 15) is 8.76 Å². The molecule has 0 fully saturated rings. The van der Waals surface area contributed by atoms with Crippen molar-refractivity contribution < 1.29 is 8.76 Å². The van der Waals surface area contributed by atoms with Crippen LogP contribution in [0.3, 0.4) is 0 Å². The summed E-state index contributed by atoms with van der Waals surface area (Å²) in [5, 5.41) is 0.0525. The molecule has 0 heterocycles. The van der Waals surface area contributed by atoms with Gasteiger partial charge in [-0.05, 0) is 23.4 Å². The van der Waals surface area contributed by atoms with E-state index in [1.807, 2.05) is 0 Å². The van der Waals surface area contributed by atoms with Crippen LogP contribution in [0.2, 0.25) is 0 Å². The predicted octanol–water partition coefficient (Wildman–Crippen LogP) is 2.71. The lowest BCUT2D eigenvalue weighted by atomic mass is 10.4. The number of rotatable bonds is 1. The van der Waals surface area contributed by atoms with Gasteiger partial charge < -0.3 is 0 Å². The van der Waals surface area contributed by atoms with Gasteiger partial charge in [0.2, 0.25) is 0 Å². The third-order valence-corrected chi connectivity index (χ3v) is 2.54. The normalized spacial score (nSPS) is 16.2. The molecule has 0 saturated heterocycles. The van der Waals surface area contributed by atoms with Crippen molar-refractivity contribution in [3.8, 4) is 0 Å². The summed E-state index contributed by atoms with van der Waals surface area (Å²) in [5.41, 5.74) is 0. The van der Waals surface area contributed by atoms with Crippen LogP contribution in [0.4, 0.5) is 4.20 Å². The van der Waals surface area contributed by atoms with Gasteiger partial charge in [0, 0.05) is 0 Å². The Bertz CT molecular complexity index is 256. The lowest BCUT2D eigenvalue weighted by molar-refractivity contribution is 0.562. The van der Waals surface area contributed by atoms with Crippen molar-refractivity contribution in [2.75, 3.05) is 0 Å². The largest absolute Gasteiger partial charge is 0.356 e. The van der Waals surface area contributed by atoms with E-state index in [1.54, 1.807) is 18.2 Å². The van der Waals surface area contributed by atoms with E-state index < -0.39 is 6.81 Å². The van der Waals surface area contributed by atoms with Gasteiger partial charge in [0.1, 0.15) is 0 Å². The fraction of sp³-hybridized carbons (Fsp3) is 0. The van der Waals surface area contributed by atoms with Gasteiger partial charge >= 0.3 is 6.81 Å². The van der Waals surface area contributed by atoms with E-state index in [0.29, 0.717) is 0 Å². The second kappa shape index (κ2) is 2.73. The molecule has 0 radical (unpaired) electrons. The zero-order valence-electron chi connectivity index (χ0n) is 5.00. The molecule has 1 rings (SSSR count). The summed E-state index contributed by atoms with van der Waals surface area (Å²) in [7, 11) is 0. The highest BCUT2D eigenvalue weighted by molar-refractivity contribution is 7.91. The summed E-state index contributed by atoms with van der Waals surface area (Å²) in [6, 6.07) is 7.67. The molecule has 0 aliphatic rings. The molecule has 1 aromatic rings. The molecule has 1 nitrogen and oxygen atoms in total. The Morgan fingerprint density at radius 2 is 1.80 bits per heavy atom. The first-order chi connectivity index (χ1) is 4.61. The van der Waals surface area contributed by atoms with Gasteiger partial charge in [-0.2, -0.15) is 4.20 Å². The number of hydrogen-bond acceptors (Lipinski definition) is 1. The molecule has 1 atom stereocenters. The number of hydrogen-bond donors (Lipinski definition) is 0. The number of benzene rings is 1. The average Bonchev–Trinajstić information content (AvgIpc) is 1.88. The van der Waals surface area contributed by atoms with Crippen LogP contribution < -0.4 is 5.30 Å². The summed E-state index contributed by atoms with van der Waals surface area (Å²) in [6.45, 7) is -4.05. The average molecular weight is 179 g/mol. The van der Waals surface area contributed by atoms with Crippen LogP contribution in [0.15, 0.2) is 30.3 Å². The summed E-state index contributed by atoms with van der Waals surface area (Å²) < 4.78 is 23.0. The number of halogens is 2. The van der Waals surface area contributed by atoms with Crippen molar-refractivity contribution in [1.29, 1.82) is 0 Å². The van der Waals surface area contributed by atoms with Crippen molar-refractivity contribution in [1.82, 2.24) is 0 Å². The van der Waals surface area contributed by atoms with E-state index in [0.717, 1.165) is 0 Å². The zero-order chi connectivity index (χ0) is 7.61. The smallest absolute Gasteiger partial charge is 0.265 e. The van der Waals surface area contributed by atoms with Crippen LogP contribution in [0.1, 0.15) is 0 Å². The van der Waals surface area contributed by atoms with Crippen LogP contribution in [0.25, 0.3) is 0 Å². The predicted molar refractivity (Wildman–Crippen MR) is 40.6 cm³/mol. The highest BCUT2D eigenvalue weighted by atomic mass is 35.7. The van der Waals surface area contributed by atoms with Crippen LogP contribution >= 0.6 is 18.0 Å². The Morgan fingerprint density at radius 1 is 1.30 bits per heavy atom. The third kappa shape index (κ3) is 1.83. The van der Waals surface area contributed by atoms with Gasteiger partial charge in [0.15, 0.2) is 0 Å². The van der Waals surface area contributed by atoms with Crippen molar-refractivity contribution in [3.05, 3.63) is 30.3 Å². The van der Waals surface area contributed by atoms with E-state index >= 15 is 0 Å². The monoisotopic (exact) mass is 178 g/mol. The lowest BCUT2D eigenvalue weighted by Gasteiger charge is -1.96. The molecule has 1 unspecified atom stereocenters. The molecular weight excluding hydrogens is 173 g/mol. The minimum Gasteiger partial charge on any atom is -0.265 e. The van der Waals surface area contributed by atoms with Crippen molar-refractivity contribution in [3.63, 3.8) is 0 Å². The van der Waals surface area contributed by atoms with Crippen LogP contribution in [-0.4, -0.2) is 0 Å². The van der Waals surface area contributed by atoms with Gasteiger partial charge in [-0.15, -0.1) is 0 Å². The molecular formula is C6H5ClFOP. The first-order valence-corrected chi connectivity index (χ1v) is 5.16. The molecule has 0 N–H and O–H groups in total. The Labute approximate surface area is 63.1 Å². The second-order valence-electron chi connectivity index (χ2n) is 1.80. The van der Waals surface area contributed by atoms with E-state index in [4.69, 9.17) is 11.2 Å². The molecule has 0 aliphatic carbocycles. The maximum absolute atomic E-state index is 12.4. The van der Waals surface area contributed by atoms with E-state index in [-0.39, 0.29) is 5.30 Å². The Hall–Kier alpha value is -0.330. The van der Waals surface area contributed by atoms with Gasteiger partial charge in [0.05, 0.1) is 5.30 Å². The topological polar surface area (TPSA) is 17.1 Å². The van der Waals surface area contributed by atoms with Crippen molar-refractivity contribution in [2.45, 2.75) is 0 Å². The highest BCUT2D eigenvalue weighted by Crippen LogP contribution is 2.51. The zero-order valence-corrected chi connectivity index (χ0v) is 6.65. The molecule has 0 saturated carbocycles. The standard InChI is InChI=1S/C6H5ClFOP/c7-10(8,9)6-4-2-1-3-5-6/h1-5H. The molecule has 10 heavy (non-hydrogen) atoms. The summed E-state index contributed by atoms with van der Waals surface area (Å²) in [5.74, 6) is 0. The Kier molecular flexibility index (Phi) is 2.12. The summed E-state index contributed by atoms with van der Waals surface area (Å²) in [4.78, 5) is 0. The van der Waals surface area contributed by atoms with Crippen LogP contribution in [0, 0.1) is 0 Å². The maximum Gasteiger partial charge on any atom is 0.356 e. The molecule has 0 spiro atoms. The van der Waals surface area contributed by atoms with Crippen LogP contribution in [-0.2, 0) is 4.57 Å². The summed E-state index contributed by atoms with van der Waals surface area (Å²) >= 11 is 4.95. The molecule has 0 bridgehead atoms. The van der Waals surface area contributed by atoms with Crippen LogP contribution in [0.5, 0.6) is 0 Å². The van der Waals surface area contributed by atoms with Crippen molar-refractivity contribution in [2.24, 2.45) is 0 Å². The second-order valence-corrected chi connectivity index (χ2v) is 4.54. The minimum atomic E-state index is -4.05. The minimum absolute atomic E-state index is 0.0525. The SMILES string of the molecule is O=P(F)(Cl)c1ccccc1. The Balaban J connectivity index is 3.09. The molecule has 54 valence electrons. The lowest BCUT2D eigenvalue weighted by Crippen LogP contribution is -1.94. The summed E-state index contributed by atoms with van der Waals surface area (Å²) in [6.07, 6.45) is 0. The van der Waals surface area contributed by atoms with E-state index in [2.05, 4.69) is 0 Å². The molecule has 1 aromatic carbocycles. The first-order valence-electron chi connectivity index (χ1n) is 2.65. The maximum atomic E-state index is 12.4.